The quantitative estimate of drug-likeness (QED) is 0.779. The highest BCUT2D eigenvalue weighted by Crippen LogP contribution is 2.26. The summed E-state index contributed by atoms with van der Waals surface area (Å²) >= 11 is 0. The number of nitrogens with zero attached hydrogens (tertiary/aromatic N) is 2. The maximum Gasteiger partial charge on any atom is 0.134 e. The Balaban J connectivity index is 2.83. The van der Waals surface area contributed by atoms with E-state index in [2.05, 4.69) is 16.5 Å². The van der Waals surface area contributed by atoms with Gasteiger partial charge < -0.3 is 10.5 Å². The number of aryl methyl sites for hydroxylation is 1. The minimum Gasteiger partial charge on any atom is -0.497 e. The largest absolute Gasteiger partial charge is 0.497 e. The zero-order valence-electron chi connectivity index (χ0n) is 9.32. The summed E-state index contributed by atoms with van der Waals surface area (Å²) in [5.41, 5.74) is 8.51. The van der Waals surface area contributed by atoms with Gasteiger partial charge in [0.1, 0.15) is 17.9 Å². The van der Waals surface area contributed by atoms with E-state index < -0.39 is 0 Å². The molecule has 0 atom stereocenters. The van der Waals surface area contributed by atoms with Crippen molar-refractivity contribution in [3.05, 3.63) is 36.2 Å². The zero-order chi connectivity index (χ0) is 11.7. The number of nitrogen functional groups attached to an aromatic ring is 1. The van der Waals surface area contributed by atoms with E-state index in [1.54, 1.807) is 7.11 Å². The Morgan fingerprint density at radius 1 is 1.38 bits per heavy atom. The first-order valence-corrected chi connectivity index (χ1v) is 4.87. The molecule has 0 unspecified atom stereocenters. The van der Waals surface area contributed by atoms with Crippen LogP contribution >= 0.6 is 0 Å². The lowest BCUT2D eigenvalue weighted by atomic mass is 10.1. The lowest BCUT2D eigenvalue weighted by molar-refractivity contribution is 0.372. The summed E-state index contributed by atoms with van der Waals surface area (Å²) in [6, 6.07) is 3.93. The number of aromatic nitrogens is 2. The second-order valence-corrected chi connectivity index (χ2v) is 3.59. The van der Waals surface area contributed by atoms with Crippen molar-refractivity contribution >= 4 is 22.5 Å². The Hall–Kier alpha value is -2.10. The molecular weight excluding hydrogens is 202 g/mol. The summed E-state index contributed by atoms with van der Waals surface area (Å²) in [6.07, 6.45) is 1.44. The molecule has 0 saturated heterocycles. The second-order valence-electron chi connectivity index (χ2n) is 3.59. The molecule has 0 fully saturated rings. The SMILES string of the molecule is C=C(OC)c1cc(C)cc2c(N)ncnc12. The van der Waals surface area contributed by atoms with Gasteiger partial charge in [-0.15, -0.1) is 0 Å². The number of hydrogen-bond donors (Lipinski definition) is 1. The summed E-state index contributed by atoms with van der Waals surface area (Å²) in [5, 5.41) is 0.829. The van der Waals surface area contributed by atoms with Gasteiger partial charge in [-0.05, 0) is 24.6 Å². The van der Waals surface area contributed by atoms with E-state index in [9.17, 15) is 0 Å². The highest BCUT2D eigenvalue weighted by atomic mass is 16.5. The minimum absolute atomic E-state index is 0.471. The maximum absolute atomic E-state index is 5.81. The fourth-order valence-corrected chi connectivity index (χ4v) is 1.65. The van der Waals surface area contributed by atoms with Crippen LogP contribution in [-0.2, 0) is 4.74 Å². The number of anilines is 1. The molecule has 0 aliphatic carbocycles. The van der Waals surface area contributed by atoms with Gasteiger partial charge in [0.15, 0.2) is 0 Å². The van der Waals surface area contributed by atoms with Crippen LogP contribution in [0, 0.1) is 6.92 Å². The van der Waals surface area contributed by atoms with Gasteiger partial charge in [0.05, 0.1) is 12.6 Å². The van der Waals surface area contributed by atoms with Crippen molar-refractivity contribution in [1.82, 2.24) is 9.97 Å². The first-order valence-electron chi connectivity index (χ1n) is 4.87. The third kappa shape index (κ3) is 1.58. The number of nitrogens with two attached hydrogens (primary N) is 1. The van der Waals surface area contributed by atoms with Crippen LogP contribution in [0.3, 0.4) is 0 Å². The van der Waals surface area contributed by atoms with Crippen molar-refractivity contribution in [1.29, 1.82) is 0 Å². The van der Waals surface area contributed by atoms with Gasteiger partial charge in [-0.25, -0.2) is 9.97 Å². The molecule has 2 N–H and O–H groups in total. The first kappa shape index (κ1) is 10.4. The summed E-state index contributed by atoms with van der Waals surface area (Å²) < 4.78 is 5.14. The number of hydrogen-bond acceptors (Lipinski definition) is 4. The van der Waals surface area contributed by atoms with Crippen LogP contribution in [0.1, 0.15) is 11.1 Å². The van der Waals surface area contributed by atoms with E-state index >= 15 is 0 Å². The number of fused-ring (bicyclic) bond motifs is 1. The molecule has 0 aliphatic rings. The number of benzene rings is 1. The van der Waals surface area contributed by atoms with E-state index in [1.807, 2.05) is 19.1 Å². The maximum atomic E-state index is 5.81. The highest BCUT2D eigenvalue weighted by molar-refractivity contribution is 5.95. The van der Waals surface area contributed by atoms with Crippen LogP contribution in [0.2, 0.25) is 0 Å². The summed E-state index contributed by atoms with van der Waals surface area (Å²) in [6.45, 7) is 5.83. The second kappa shape index (κ2) is 3.81. The molecule has 2 rings (SSSR count). The van der Waals surface area contributed by atoms with Crippen molar-refractivity contribution in [2.24, 2.45) is 0 Å². The fraction of sp³-hybridized carbons (Fsp3) is 0.167. The van der Waals surface area contributed by atoms with Gasteiger partial charge in [0, 0.05) is 10.9 Å². The van der Waals surface area contributed by atoms with Crippen LogP contribution < -0.4 is 5.73 Å². The Morgan fingerprint density at radius 3 is 2.81 bits per heavy atom. The molecule has 82 valence electrons. The van der Waals surface area contributed by atoms with Crippen LogP contribution in [0.15, 0.2) is 25.0 Å². The molecule has 0 bridgehead atoms. The number of methoxy groups -OCH3 is 1. The lowest BCUT2D eigenvalue weighted by Gasteiger charge is -2.09. The van der Waals surface area contributed by atoms with E-state index in [1.165, 1.54) is 6.33 Å². The van der Waals surface area contributed by atoms with Crippen molar-refractivity contribution in [3.8, 4) is 0 Å². The minimum atomic E-state index is 0.471. The molecule has 1 aromatic carbocycles. The van der Waals surface area contributed by atoms with Crippen LogP contribution in [0.5, 0.6) is 0 Å². The van der Waals surface area contributed by atoms with E-state index in [4.69, 9.17) is 10.5 Å². The third-order valence-corrected chi connectivity index (χ3v) is 2.46. The summed E-state index contributed by atoms with van der Waals surface area (Å²) in [7, 11) is 1.58. The van der Waals surface area contributed by atoms with Crippen LogP contribution in [0.4, 0.5) is 5.82 Å². The Kier molecular flexibility index (Phi) is 2.48. The van der Waals surface area contributed by atoms with E-state index in [-0.39, 0.29) is 0 Å². The van der Waals surface area contributed by atoms with Crippen molar-refractivity contribution < 1.29 is 4.74 Å². The first-order chi connectivity index (χ1) is 7.63. The molecule has 0 amide bonds. The Bertz CT molecular complexity index is 563. The summed E-state index contributed by atoms with van der Waals surface area (Å²) in [5.74, 6) is 1.05. The number of rotatable bonds is 2. The van der Waals surface area contributed by atoms with Crippen molar-refractivity contribution in [2.75, 3.05) is 12.8 Å². The molecule has 1 heterocycles. The average Bonchev–Trinajstić information content (AvgIpc) is 2.28. The highest BCUT2D eigenvalue weighted by Gasteiger charge is 2.09. The number of ether oxygens (including phenoxy) is 1. The molecule has 4 nitrogen and oxygen atoms in total. The monoisotopic (exact) mass is 215 g/mol. The predicted molar refractivity (Wildman–Crippen MR) is 64.7 cm³/mol. The van der Waals surface area contributed by atoms with Crippen molar-refractivity contribution in [3.63, 3.8) is 0 Å². The smallest absolute Gasteiger partial charge is 0.134 e. The molecule has 2 aromatic rings. The van der Waals surface area contributed by atoms with Gasteiger partial charge in [-0.1, -0.05) is 6.58 Å². The van der Waals surface area contributed by atoms with Crippen LogP contribution in [-0.4, -0.2) is 17.1 Å². The van der Waals surface area contributed by atoms with Crippen LogP contribution in [0.25, 0.3) is 16.7 Å². The predicted octanol–water partition coefficient (Wildman–Crippen LogP) is 2.14. The van der Waals surface area contributed by atoms with Gasteiger partial charge >= 0.3 is 0 Å². The van der Waals surface area contributed by atoms with Crippen molar-refractivity contribution in [2.45, 2.75) is 6.92 Å². The topological polar surface area (TPSA) is 61.0 Å². The molecular formula is C12H13N3O. The third-order valence-electron chi connectivity index (χ3n) is 2.46. The van der Waals surface area contributed by atoms with Gasteiger partial charge in [0.2, 0.25) is 0 Å². The molecule has 0 radical (unpaired) electrons. The standard InChI is InChI=1S/C12H13N3O/c1-7-4-9(8(2)16-3)11-10(5-7)12(13)15-6-14-11/h4-6H,2H2,1,3H3,(H2,13,14,15). The van der Waals surface area contributed by atoms with Gasteiger partial charge in [0.25, 0.3) is 0 Å². The van der Waals surface area contributed by atoms with E-state index in [0.717, 1.165) is 22.0 Å². The van der Waals surface area contributed by atoms with E-state index in [0.29, 0.717) is 11.6 Å². The molecule has 1 aromatic heterocycles. The summed E-state index contributed by atoms with van der Waals surface area (Å²) in [4.78, 5) is 8.19. The zero-order valence-corrected chi connectivity index (χ0v) is 9.32. The molecule has 0 spiro atoms. The fourth-order valence-electron chi connectivity index (χ4n) is 1.65. The molecule has 0 aliphatic heterocycles. The average molecular weight is 215 g/mol. The molecule has 4 heteroatoms. The lowest BCUT2D eigenvalue weighted by Crippen LogP contribution is -1.97. The van der Waals surface area contributed by atoms with Gasteiger partial charge in [-0.3, -0.25) is 0 Å². The van der Waals surface area contributed by atoms with Gasteiger partial charge in [-0.2, -0.15) is 0 Å². The Labute approximate surface area is 93.8 Å². The molecule has 16 heavy (non-hydrogen) atoms. The Morgan fingerprint density at radius 2 is 2.12 bits per heavy atom. The molecule has 0 saturated carbocycles. The normalized spacial score (nSPS) is 10.4.